The predicted molar refractivity (Wildman–Crippen MR) is 68.8 cm³/mol. The highest BCUT2D eigenvalue weighted by molar-refractivity contribution is 6.31. The highest BCUT2D eigenvalue weighted by atomic mass is 35.5. The Balaban J connectivity index is 2.09. The van der Waals surface area contributed by atoms with E-state index in [2.05, 4.69) is 10.2 Å². The summed E-state index contributed by atoms with van der Waals surface area (Å²) in [5.41, 5.74) is 0.622. The summed E-state index contributed by atoms with van der Waals surface area (Å²) in [4.78, 5) is 2.31. The summed E-state index contributed by atoms with van der Waals surface area (Å²) in [7, 11) is 1.95. The van der Waals surface area contributed by atoms with Crippen LogP contribution in [-0.4, -0.2) is 31.1 Å². The van der Waals surface area contributed by atoms with Gasteiger partial charge in [0.15, 0.2) is 0 Å². The smallest absolute Gasteiger partial charge is 0.129 e. The van der Waals surface area contributed by atoms with Crippen LogP contribution in [0.4, 0.5) is 4.39 Å². The van der Waals surface area contributed by atoms with Gasteiger partial charge in [-0.25, -0.2) is 4.39 Å². The van der Waals surface area contributed by atoms with Gasteiger partial charge < -0.3 is 5.32 Å². The molecule has 0 bridgehead atoms. The molecule has 94 valence electrons. The van der Waals surface area contributed by atoms with Crippen LogP contribution in [-0.2, 0) is 6.54 Å². The number of hydrogen-bond acceptors (Lipinski definition) is 2. The van der Waals surface area contributed by atoms with Crippen molar-refractivity contribution < 1.29 is 4.39 Å². The molecule has 1 heterocycles. The molecule has 1 aromatic rings. The van der Waals surface area contributed by atoms with Crippen LogP contribution in [0.3, 0.4) is 0 Å². The first-order chi connectivity index (χ1) is 8.22. The number of likely N-dealkylation sites (N-methyl/N-ethyl adjacent to an activating group) is 1. The Morgan fingerprint density at radius 2 is 2.35 bits per heavy atom. The maximum Gasteiger partial charge on any atom is 0.129 e. The normalized spacial score (nSPS) is 21.0. The Kier molecular flexibility index (Phi) is 4.37. The molecule has 1 saturated heterocycles. The van der Waals surface area contributed by atoms with Crippen LogP contribution < -0.4 is 5.32 Å². The van der Waals surface area contributed by atoms with Gasteiger partial charge in [0.05, 0.1) is 0 Å². The largest absolute Gasteiger partial charge is 0.318 e. The van der Waals surface area contributed by atoms with Crippen molar-refractivity contribution in [3.8, 4) is 0 Å². The third kappa shape index (κ3) is 2.97. The summed E-state index contributed by atoms with van der Waals surface area (Å²) in [5.74, 6) is -0.201. The van der Waals surface area contributed by atoms with E-state index in [0.29, 0.717) is 23.2 Å². The summed E-state index contributed by atoms with van der Waals surface area (Å²) < 4.78 is 13.7. The summed E-state index contributed by atoms with van der Waals surface area (Å²) in [6.45, 7) is 2.58. The standard InChI is InChI=1S/C13H18ClFN2/c1-16-8-10-4-3-7-17(10)9-11-12(14)5-2-6-13(11)15/h2,5-6,10,16H,3-4,7-9H2,1H3. The Bertz CT molecular complexity index is 363. The molecule has 1 aromatic carbocycles. The molecule has 0 aliphatic carbocycles. The SMILES string of the molecule is CNCC1CCCN1Cc1c(F)cccc1Cl. The zero-order valence-corrected chi connectivity index (χ0v) is 10.8. The number of nitrogens with zero attached hydrogens (tertiary/aromatic N) is 1. The number of nitrogens with one attached hydrogen (secondary N) is 1. The lowest BCUT2D eigenvalue weighted by Crippen LogP contribution is -2.36. The minimum absolute atomic E-state index is 0.201. The van der Waals surface area contributed by atoms with E-state index in [1.807, 2.05) is 7.05 Å². The lowest BCUT2D eigenvalue weighted by molar-refractivity contribution is 0.239. The van der Waals surface area contributed by atoms with Crippen molar-refractivity contribution in [1.29, 1.82) is 0 Å². The van der Waals surface area contributed by atoms with Crippen LogP contribution in [0, 0.1) is 5.82 Å². The molecule has 1 unspecified atom stereocenters. The molecular weight excluding hydrogens is 239 g/mol. The predicted octanol–water partition coefficient (Wildman–Crippen LogP) is 2.66. The van der Waals surface area contributed by atoms with E-state index in [9.17, 15) is 4.39 Å². The van der Waals surface area contributed by atoms with Gasteiger partial charge in [0, 0.05) is 29.7 Å². The molecule has 1 N–H and O–H groups in total. The topological polar surface area (TPSA) is 15.3 Å². The molecule has 1 atom stereocenters. The van der Waals surface area contributed by atoms with Crippen molar-refractivity contribution in [2.24, 2.45) is 0 Å². The van der Waals surface area contributed by atoms with Crippen molar-refractivity contribution in [1.82, 2.24) is 10.2 Å². The minimum atomic E-state index is -0.201. The number of halogens is 2. The summed E-state index contributed by atoms with van der Waals surface area (Å²) >= 11 is 6.05. The molecule has 1 aliphatic rings. The highest BCUT2D eigenvalue weighted by Gasteiger charge is 2.25. The third-order valence-corrected chi connectivity index (χ3v) is 3.72. The molecule has 17 heavy (non-hydrogen) atoms. The molecule has 1 aliphatic heterocycles. The van der Waals surface area contributed by atoms with Crippen molar-refractivity contribution in [2.75, 3.05) is 20.1 Å². The molecule has 0 saturated carbocycles. The quantitative estimate of drug-likeness (QED) is 0.891. The fourth-order valence-electron chi connectivity index (χ4n) is 2.46. The van der Waals surface area contributed by atoms with Crippen molar-refractivity contribution >= 4 is 11.6 Å². The molecular formula is C13H18ClFN2. The van der Waals surface area contributed by atoms with E-state index in [0.717, 1.165) is 13.1 Å². The molecule has 4 heteroatoms. The van der Waals surface area contributed by atoms with Crippen LogP contribution in [0.1, 0.15) is 18.4 Å². The number of benzene rings is 1. The van der Waals surface area contributed by atoms with E-state index in [1.165, 1.54) is 18.9 Å². The van der Waals surface area contributed by atoms with E-state index >= 15 is 0 Å². The average molecular weight is 257 g/mol. The molecule has 0 aromatic heterocycles. The van der Waals surface area contributed by atoms with Gasteiger partial charge in [0.2, 0.25) is 0 Å². The highest BCUT2D eigenvalue weighted by Crippen LogP contribution is 2.25. The van der Waals surface area contributed by atoms with Crippen LogP contribution in [0.2, 0.25) is 5.02 Å². The third-order valence-electron chi connectivity index (χ3n) is 3.36. The Labute approximate surface area is 107 Å². The van der Waals surface area contributed by atoms with Crippen molar-refractivity contribution in [3.63, 3.8) is 0 Å². The van der Waals surface area contributed by atoms with Gasteiger partial charge in [0.1, 0.15) is 5.82 Å². The second-order valence-corrected chi connectivity index (χ2v) is 4.93. The maximum atomic E-state index is 13.7. The summed E-state index contributed by atoms with van der Waals surface area (Å²) in [6, 6.07) is 5.37. The molecule has 0 radical (unpaired) electrons. The molecule has 2 rings (SSSR count). The minimum Gasteiger partial charge on any atom is -0.318 e. The van der Waals surface area contributed by atoms with E-state index in [4.69, 9.17) is 11.6 Å². The first-order valence-corrected chi connectivity index (χ1v) is 6.41. The molecule has 2 nitrogen and oxygen atoms in total. The van der Waals surface area contributed by atoms with Gasteiger partial charge >= 0.3 is 0 Å². The molecule has 0 amide bonds. The Morgan fingerprint density at radius 1 is 1.53 bits per heavy atom. The Morgan fingerprint density at radius 3 is 3.06 bits per heavy atom. The lowest BCUT2D eigenvalue weighted by Gasteiger charge is -2.24. The van der Waals surface area contributed by atoms with Crippen LogP contribution in [0.25, 0.3) is 0 Å². The number of hydrogen-bond donors (Lipinski definition) is 1. The van der Waals surface area contributed by atoms with Gasteiger partial charge in [-0.15, -0.1) is 0 Å². The van der Waals surface area contributed by atoms with Gasteiger partial charge in [-0.2, -0.15) is 0 Å². The zero-order chi connectivity index (χ0) is 12.3. The first kappa shape index (κ1) is 12.8. The number of rotatable bonds is 4. The Hall–Kier alpha value is -0.640. The number of likely N-dealkylation sites (tertiary alicyclic amines) is 1. The fourth-order valence-corrected chi connectivity index (χ4v) is 2.68. The van der Waals surface area contributed by atoms with E-state index in [1.54, 1.807) is 12.1 Å². The molecule has 0 spiro atoms. The van der Waals surface area contributed by atoms with Crippen molar-refractivity contribution in [3.05, 3.63) is 34.6 Å². The first-order valence-electron chi connectivity index (χ1n) is 6.04. The van der Waals surface area contributed by atoms with Crippen LogP contribution in [0.15, 0.2) is 18.2 Å². The second-order valence-electron chi connectivity index (χ2n) is 4.52. The van der Waals surface area contributed by atoms with Gasteiger partial charge in [-0.05, 0) is 38.6 Å². The maximum absolute atomic E-state index is 13.7. The van der Waals surface area contributed by atoms with Gasteiger partial charge in [-0.1, -0.05) is 17.7 Å². The summed E-state index contributed by atoms with van der Waals surface area (Å²) in [5, 5.41) is 3.71. The fraction of sp³-hybridized carbons (Fsp3) is 0.538. The van der Waals surface area contributed by atoms with E-state index in [-0.39, 0.29) is 5.82 Å². The second kappa shape index (κ2) is 5.80. The average Bonchev–Trinajstić information content (AvgIpc) is 2.72. The van der Waals surface area contributed by atoms with Gasteiger partial charge in [0.25, 0.3) is 0 Å². The lowest BCUT2D eigenvalue weighted by atomic mass is 10.1. The molecule has 1 fully saturated rings. The summed E-state index contributed by atoms with van der Waals surface area (Å²) in [6.07, 6.45) is 2.35. The van der Waals surface area contributed by atoms with Crippen molar-refractivity contribution in [2.45, 2.75) is 25.4 Å². The monoisotopic (exact) mass is 256 g/mol. The van der Waals surface area contributed by atoms with Gasteiger partial charge in [-0.3, -0.25) is 4.90 Å². The van der Waals surface area contributed by atoms with Crippen LogP contribution >= 0.6 is 11.6 Å². The van der Waals surface area contributed by atoms with Crippen LogP contribution in [0.5, 0.6) is 0 Å². The zero-order valence-electron chi connectivity index (χ0n) is 10.0. The van der Waals surface area contributed by atoms with E-state index < -0.39 is 0 Å².